The highest BCUT2D eigenvalue weighted by atomic mass is 32.1. The number of hydrogen-bond donors (Lipinski definition) is 2. The Kier molecular flexibility index (Phi) is 11.0. The van der Waals surface area contributed by atoms with Crippen LogP contribution in [-0.4, -0.2) is 68.2 Å². The lowest BCUT2D eigenvalue weighted by atomic mass is 10.3. The van der Waals surface area contributed by atoms with Crippen LogP contribution in [0.3, 0.4) is 0 Å². The Bertz CT molecular complexity index is 181. The minimum absolute atomic E-state index is 0.0605. The SMILES string of the molecule is COCCN(CCOCCO)CCC(N)=S. The van der Waals surface area contributed by atoms with Crippen LogP contribution in [0.2, 0.25) is 0 Å². The fourth-order valence-corrected chi connectivity index (χ4v) is 1.28. The molecule has 0 fully saturated rings. The molecule has 0 aromatic rings. The lowest BCUT2D eigenvalue weighted by molar-refractivity contribution is 0.0667. The van der Waals surface area contributed by atoms with Crippen molar-refractivity contribution in [3.8, 4) is 0 Å². The summed E-state index contributed by atoms with van der Waals surface area (Å²) >= 11 is 4.84. The number of nitrogens with two attached hydrogens (primary N) is 1. The molecule has 0 heterocycles. The Morgan fingerprint density at radius 2 is 1.94 bits per heavy atom. The fraction of sp³-hybridized carbons (Fsp3) is 0.900. The standard InChI is InChI=1S/C10H22N2O3S/c1-14-7-4-12(3-2-10(11)16)5-8-15-9-6-13/h13H,2-9H2,1H3,(H2,11,16). The molecule has 0 unspecified atom stereocenters. The highest BCUT2D eigenvalue weighted by Crippen LogP contribution is 1.93. The Morgan fingerprint density at radius 3 is 2.50 bits per heavy atom. The normalized spacial score (nSPS) is 10.9. The van der Waals surface area contributed by atoms with E-state index < -0.39 is 0 Å². The van der Waals surface area contributed by atoms with Crippen LogP contribution in [-0.2, 0) is 9.47 Å². The predicted molar refractivity (Wildman–Crippen MR) is 67.6 cm³/mol. The first-order valence-electron chi connectivity index (χ1n) is 5.39. The van der Waals surface area contributed by atoms with Crippen molar-refractivity contribution in [1.29, 1.82) is 0 Å². The van der Waals surface area contributed by atoms with Crippen LogP contribution in [0.1, 0.15) is 6.42 Å². The molecular formula is C10H22N2O3S. The first kappa shape index (κ1) is 15.7. The summed E-state index contributed by atoms with van der Waals surface area (Å²) in [7, 11) is 1.67. The van der Waals surface area contributed by atoms with E-state index in [0.29, 0.717) is 31.2 Å². The van der Waals surface area contributed by atoms with Crippen molar-refractivity contribution in [3.05, 3.63) is 0 Å². The van der Waals surface area contributed by atoms with Gasteiger partial charge in [-0.2, -0.15) is 0 Å². The Labute approximate surface area is 103 Å². The molecule has 0 rings (SSSR count). The Balaban J connectivity index is 3.66. The van der Waals surface area contributed by atoms with Crippen LogP contribution in [0.15, 0.2) is 0 Å². The van der Waals surface area contributed by atoms with Crippen LogP contribution in [0.25, 0.3) is 0 Å². The molecule has 0 atom stereocenters. The van der Waals surface area contributed by atoms with Gasteiger partial charge in [0.2, 0.25) is 0 Å². The van der Waals surface area contributed by atoms with Crippen LogP contribution in [0.5, 0.6) is 0 Å². The number of ether oxygens (including phenoxy) is 2. The van der Waals surface area contributed by atoms with E-state index in [1.807, 2.05) is 0 Å². The average molecular weight is 250 g/mol. The van der Waals surface area contributed by atoms with Crippen molar-refractivity contribution >= 4 is 17.2 Å². The van der Waals surface area contributed by atoms with Crippen molar-refractivity contribution in [1.82, 2.24) is 4.90 Å². The van der Waals surface area contributed by atoms with Crippen molar-refractivity contribution in [3.63, 3.8) is 0 Å². The molecule has 0 aliphatic rings. The van der Waals surface area contributed by atoms with Gasteiger partial charge in [0.1, 0.15) is 0 Å². The Morgan fingerprint density at radius 1 is 1.25 bits per heavy atom. The lowest BCUT2D eigenvalue weighted by Gasteiger charge is -2.21. The second-order valence-corrected chi connectivity index (χ2v) is 3.91. The first-order chi connectivity index (χ1) is 7.70. The van der Waals surface area contributed by atoms with Crippen LogP contribution in [0.4, 0.5) is 0 Å². The number of rotatable bonds is 11. The third-order valence-corrected chi connectivity index (χ3v) is 2.28. The summed E-state index contributed by atoms with van der Waals surface area (Å²) in [5.74, 6) is 0. The van der Waals surface area contributed by atoms with Crippen molar-refractivity contribution in [2.45, 2.75) is 6.42 Å². The monoisotopic (exact) mass is 250 g/mol. The second kappa shape index (κ2) is 11.2. The zero-order valence-corrected chi connectivity index (χ0v) is 10.7. The molecule has 0 aromatic carbocycles. The maximum Gasteiger partial charge on any atom is 0.0740 e. The number of thiocarbonyl (C=S) groups is 1. The van der Waals surface area contributed by atoms with Crippen molar-refractivity contribution in [2.75, 3.05) is 53.2 Å². The maximum absolute atomic E-state index is 8.56. The molecule has 6 heteroatoms. The van der Waals surface area contributed by atoms with Gasteiger partial charge in [-0.05, 0) is 0 Å². The van der Waals surface area contributed by atoms with Crippen LogP contribution < -0.4 is 5.73 Å². The van der Waals surface area contributed by atoms with Crippen molar-refractivity contribution in [2.24, 2.45) is 5.73 Å². The van der Waals surface area contributed by atoms with Gasteiger partial charge in [0.15, 0.2) is 0 Å². The summed E-state index contributed by atoms with van der Waals surface area (Å²) in [4.78, 5) is 2.71. The summed E-state index contributed by atoms with van der Waals surface area (Å²) in [5.41, 5.74) is 5.45. The summed E-state index contributed by atoms with van der Waals surface area (Å²) in [6, 6.07) is 0. The van der Waals surface area contributed by atoms with E-state index in [1.165, 1.54) is 0 Å². The molecule has 5 nitrogen and oxygen atoms in total. The van der Waals surface area contributed by atoms with Crippen LogP contribution >= 0.6 is 12.2 Å². The molecule has 0 saturated heterocycles. The van der Waals surface area contributed by atoms with Gasteiger partial charge in [0, 0.05) is 33.2 Å². The van der Waals surface area contributed by atoms with Gasteiger partial charge in [-0.3, -0.25) is 4.90 Å². The highest BCUT2D eigenvalue weighted by molar-refractivity contribution is 7.80. The summed E-state index contributed by atoms with van der Waals surface area (Å²) < 4.78 is 10.2. The number of hydrogen-bond acceptors (Lipinski definition) is 5. The smallest absolute Gasteiger partial charge is 0.0740 e. The molecule has 0 saturated carbocycles. The second-order valence-electron chi connectivity index (χ2n) is 3.39. The molecule has 0 amide bonds. The lowest BCUT2D eigenvalue weighted by Crippen LogP contribution is -2.33. The molecule has 3 N–H and O–H groups in total. The minimum Gasteiger partial charge on any atom is -0.394 e. The van der Waals surface area contributed by atoms with Gasteiger partial charge in [-0.25, -0.2) is 0 Å². The van der Waals surface area contributed by atoms with E-state index in [2.05, 4.69) is 4.90 Å². The molecule has 0 aliphatic heterocycles. The van der Waals surface area contributed by atoms with Gasteiger partial charge in [0.25, 0.3) is 0 Å². The van der Waals surface area contributed by atoms with E-state index >= 15 is 0 Å². The third kappa shape index (κ3) is 10.3. The highest BCUT2D eigenvalue weighted by Gasteiger charge is 2.05. The molecule has 0 aliphatic carbocycles. The van der Waals surface area contributed by atoms with Gasteiger partial charge < -0.3 is 20.3 Å². The summed E-state index contributed by atoms with van der Waals surface area (Å²) in [5, 5.41) is 8.56. The number of nitrogens with zero attached hydrogens (tertiary/aromatic N) is 1. The predicted octanol–water partition coefficient (Wildman–Crippen LogP) is -0.380. The zero-order valence-electron chi connectivity index (χ0n) is 9.85. The van der Waals surface area contributed by atoms with E-state index in [1.54, 1.807) is 7.11 Å². The summed E-state index contributed by atoms with van der Waals surface area (Å²) in [6.07, 6.45) is 0.707. The largest absolute Gasteiger partial charge is 0.394 e. The van der Waals surface area contributed by atoms with Gasteiger partial charge in [0.05, 0.1) is 31.4 Å². The van der Waals surface area contributed by atoms with E-state index in [9.17, 15) is 0 Å². The molecular weight excluding hydrogens is 228 g/mol. The number of aliphatic hydroxyl groups is 1. The molecule has 0 radical (unpaired) electrons. The first-order valence-corrected chi connectivity index (χ1v) is 5.79. The molecule has 96 valence electrons. The molecule has 0 bridgehead atoms. The zero-order chi connectivity index (χ0) is 12.2. The van der Waals surface area contributed by atoms with Gasteiger partial charge in [-0.1, -0.05) is 12.2 Å². The van der Waals surface area contributed by atoms with Crippen molar-refractivity contribution < 1.29 is 14.6 Å². The average Bonchev–Trinajstić information content (AvgIpc) is 2.26. The van der Waals surface area contributed by atoms with Gasteiger partial charge in [-0.15, -0.1) is 0 Å². The van der Waals surface area contributed by atoms with Gasteiger partial charge >= 0.3 is 0 Å². The Hall–Kier alpha value is -0.270. The van der Waals surface area contributed by atoms with E-state index in [0.717, 1.165) is 19.6 Å². The summed E-state index contributed by atoms with van der Waals surface area (Å²) in [6.45, 7) is 4.17. The fourth-order valence-electron chi connectivity index (χ4n) is 1.18. The minimum atomic E-state index is 0.0605. The van der Waals surface area contributed by atoms with E-state index in [-0.39, 0.29) is 6.61 Å². The quantitative estimate of drug-likeness (QED) is 0.385. The van der Waals surface area contributed by atoms with Crippen LogP contribution in [0, 0.1) is 0 Å². The molecule has 0 spiro atoms. The third-order valence-electron chi connectivity index (χ3n) is 2.07. The van der Waals surface area contributed by atoms with E-state index in [4.69, 9.17) is 32.5 Å². The maximum atomic E-state index is 8.56. The number of methoxy groups -OCH3 is 1. The molecule has 16 heavy (non-hydrogen) atoms. The number of aliphatic hydroxyl groups excluding tert-OH is 1. The topological polar surface area (TPSA) is 68.0 Å². The molecule has 0 aromatic heterocycles.